The molecule has 0 spiro atoms. The van der Waals surface area contributed by atoms with Gasteiger partial charge in [0, 0.05) is 25.7 Å². The quantitative estimate of drug-likeness (QED) is 0.770. The average molecular weight is 297 g/mol. The molecule has 2 rings (SSSR count). The first-order valence-corrected chi connectivity index (χ1v) is 8.61. The normalized spacial score (nSPS) is 29.0. The SMILES string of the molecule is CCCN1CCCC(N2CCNCC2C(=O)OCC)CC1. The van der Waals surface area contributed by atoms with Crippen molar-refractivity contribution in [2.45, 2.75) is 51.6 Å². The first-order chi connectivity index (χ1) is 10.3. The van der Waals surface area contributed by atoms with E-state index in [0.29, 0.717) is 12.6 Å². The summed E-state index contributed by atoms with van der Waals surface area (Å²) in [7, 11) is 0. The van der Waals surface area contributed by atoms with Crippen molar-refractivity contribution in [1.82, 2.24) is 15.1 Å². The van der Waals surface area contributed by atoms with E-state index < -0.39 is 0 Å². The molecule has 122 valence electrons. The highest BCUT2D eigenvalue weighted by molar-refractivity contribution is 5.76. The van der Waals surface area contributed by atoms with Crippen LogP contribution >= 0.6 is 0 Å². The molecule has 2 unspecified atom stereocenters. The van der Waals surface area contributed by atoms with Gasteiger partial charge in [-0.05, 0) is 52.2 Å². The molecule has 5 nitrogen and oxygen atoms in total. The van der Waals surface area contributed by atoms with E-state index in [-0.39, 0.29) is 12.0 Å². The van der Waals surface area contributed by atoms with Crippen molar-refractivity contribution >= 4 is 5.97 Å². The standard InChI is InChI=1S/C16H31N3O2/c1-3-9-18-10-5-6-14(7-11-18)19-12-8-17-13-15(19)16(20)21-4-2/h14-15,17H,3-13H2,1-2H3. The minimum atomic E-state index is -0.0959. The molecule has 2 aliphatic rings. The van der Waals surface area contributed by atoms with Crippen LogP contribution < -0.4 is 5.32 Å². The Morgan fingerprint density at radius 1 is 1.24 bits per heavy atom. The molecule has 0 bridgehead atoms. The lowest BCUT2D eigenvalue weighted by Gasteiger charge is -2.39. The fourth-order valence-electron chi connectivity index (χ4n) is 3.62. The van der Waals surface area contributed by atoms with Gasteiger partial charge in [-0.25, -0.2) is 0 Å². The van der Waals surface area contributed by atoms with Crippen LogP contribution in [-0.2, 0) is 9.53 Å². The lowest BCUT2D eigenvalue weighted by atomic mass is 10.0. The summed E-state index contributed by atoms with van der Waals surface area (Å²) in [4.78, 5) is 17.2. The lowest BCUT2D eigenvalue weighted by molar-refractivity contribution is -0.151. The Bertz CT molecular complexity index is 325. The first-order valence-electron chi connectivity index (χ1n) is 8.61. The number of rotatable bonds is 5. The van der Waals surface area contributed by atoms with E-state index >= 15 is 0 Å². The third-order valence-corrected chi connectivity index (χ3v) is 4.64. The molecule has 0 aromatic rings. The molecule has 0 aromatic carbocycles. The highest BCUT2D eigenvalue weighted by atomic mass is 16.5. The van der Waals surface area contributed by atoms with Gasteiger partial charge in [0.15, 0.2) is 0 Å². The number of hydrogen-bond donors (Lipinski definition) is 1. The third-order valence-electron chi connectivity index (χ3n) is 4.64. The van der Waals surface area contributed by atoms with Gasteiger partial charge in [-0.2, -0.15) is 0 Å². The number of likely N-dealkylation sites (tertiary alicyclic amines) is 1. The Hall–Kier alpha value is -0.650. The molecule has 21 heavy (non-hydrogen) atoms. The molecule has 2 aliphatic heterocycles. The molecule has 2 heterocycles. The monoisotopic (exact) mass is 297 g/mol. The Kier molecular flexibility index (Phi) is 6.93. The molecule has 0 aromatic heterocycles. The summed E-state index contributed by atoms with van der Waals surface area (Å²) in [5.41, 5.74) is 0. The predicted octanol–water partition coefficient (Wildman–Crippen LogP) is 1.09. The number of carbonyl (C=O) groups excluding carboxylic acids is 1. The van der Waals surface area contributed by atoms with Gasteiger partial charge in [-0.1, -0.05) is 6.92 Å². The van der Waals surface area contributed by atoms with Crippen molar-refractivity contribution in [3.8, 4) is 0 Å². The third kappa shape index (κ3) is 4.66. The van der Waals surface area contributed by atoms with Crippen LogP contribution in [0.2, 0.25) is 0 Å². The molecular weight excluding hydrogens is 266 g/mol. The zero-order valence-electron chi connectivity index (χ0n) is 13.6. The average Bonchev–Trinajstić information content (AvgIpc) is 2.73. The van der Waals surface area contributed by atoms with Crippen molar-refractivity contribution in [2.24, 2.45) is 0 Å². The van der Waals surface area contributed by atoms with Crippen LogP contribution in [0.25, 0.3) is 0 Å². The number of carbonyl (C=O) groups is 1. The molecular formula is C16H31N3O2. The Morgan fingerprint density at radius 2 is 2.10 bits per heavy atom. The highest BCUT2D eigenvalue weighted by Crippen LogP contribution is 2.21. The number of piperazine rings is 1. The van der Waals surface area contributed by atoms with Crippen LogP contribution in [0.15, 0.2) is 0 Å². The molecule has 0 saturated carbocycles. The maximum atomic E-state index is 12.2. The molecule has 0 amide bonds. The fourth-order valence-corrected chi connectivity index (χ4v) is 3.62. The van der Waals surface area contributed by atoms with E-state index in [4.69, 9.17) is 4.74 Å². The van der Waals surface area contributed by atoms with Crippen LogP contribution in [0.4, 0.5) is 0 Å². The van der Waals surface area contributed by atoms with Crippen molar-refractivity contribution in [3.63, 3.8) is 0 Å². The summed E-state index contributed by atoms with van der Waals surface area (Å²) < 4.78 is 5.26. The second-order valence-electron chi connectivity index (χ2n) is 6.14. The zero-order valence-corrected chi connectivity index (χ0v) is 13.6. The summed E-state index contributed by atoms with van der Waals surface area (Å²) >= 11 is 0. The van der Waals surface area contributed by atoms with Gasteiger partial charge in [0.2, 0.25) is 0 Å². The Labute approximate surface area is 129 Å². The molecule has 5 heteroatoms. The summed E-state index contributed by atoms with van der Waals surface area (Å²) in [6.45, 7) is 10.8. The fraction of sp³-hybridized carbons (Fsp3) is 0.938. The van der Waals surface area contributed by atoms with Gasteiger partial charge in [-0.15, -0.1) is 0 Å². The molecule has 2 atom stereocenters. The molecule has 0 aliphatic carbocycles. The number of nitrogens with one attached hydrogen (secondary N) is 1. The highest BCUT2D eigenvalue weighted by Gasteiger charge is 2.35. The summed E-state index contributed by atoms with van der Waals surface area (Å²) in [6.07, 6.45) is 4.85. The van der Waals surface area contributed by atoms with E-state index in [1.165, 1.54) is 38.8 Å². The van der Waals surface area contributed by atoms with Crippen LogP contribution in [0.5, 0.6) is 0 Å². The second kappa shape index (κ2) is 8.71. The van der Waals surface area contributed by atoms with Crippen LogP contribution in [0.1, 0.15) is 39.5 Å². The largest absolute Gasteiger partial charge is 0.465 e. The minimum Gasteiger partial charge on any atom is -0.465 e. The van der Waals surface area contributed by atoms with Crippen molar-refractivity contribution in [1.29, 1.82) is 0 Å². The number of ether oxygens (including phenoxy) is 1. The van der Waals surface area contributed by atoms with Crippen molar-refractivity contribution < 1.29 is 9.53 Å². The number of nitrogens with zero attached hydrogens (tertiary/aromatic N) is 2. The smallest absolute Gasteiger partial charge is 0.324 e. The second-order valence-corrected chi connectivity index (χ2v) is 6.14. The van der Waals surface area contributed by atoms with Gasteiger partial charge in [0.25, 0.3) is 0 Å². The van der Waals surface area contributed by atoms with Gasteiger partial charge in [0.05, 0.1) is 6.61 Å². The van der Waals surface area contributed by atoms with Crippen molar-refractivity contribution in [3.05, 3.63) is 0 Å². The maximum absolute atomic E-state index is 12.2. The molecule has 0 radical (unpaired) electrons. The van der Waals surface area contributed by atoms with Gasteiger partial charge >= 0.3 is 5.97 Å². The summed E-state index contributed by atoms with van der Waals surface area (Å²) in [5.74, 6) is -0.0561. The maximum Gasteiger partial charge on any atom is 0.324 e. The Morgan fingerprint density at radius 3 is 2.86 bits per heavy atom. The van der Waals surface area contributed by atoms with E-state index in [9.17, 15) is 4.79 Å². The lowest BCUT2D eigenvalue weighted by Crippen LogP contribution is -2.58. The van der Waals surface area contributed by atoms with Crippen LogP contribution in [0, 0.1) is 0 Å². The first kappa shape index (κ1) is 16.7. The van der Waals surface area contributed by atoms with Crippen molar-refractivity contribution in [2.75, 3.05) is 45.9 Å². The molecule has 2 saturated heterocycles. The number of esters is 1. The van der Waals surface area contributed by atoms with Gasteiger partial charge < -0.3 is 15.0 Å². The Balaban J connectivity index is 1.95. The molecule has 2 fully saturated rings. The minimum absolute atomic E-state index is 0.0561. The van der Waals surface area contributed by atoms with Gasteiger partial charge in [-0.3, -0.25) is 9.69 Å². The predicted molar refractivity (Wildman–Crippen MR) is 84.4 cm³/mol. The van der Waals surface area contributed by atoms with E-state index in [2.05, 4.69) is 22.0 Å². The topological polar surface area (TPSA) is 44.8 Å². The van der Waals surface area contributed by atoms with Crippen LogP contribution in [0.3, 0.4) is 0 Å². The van der Waals surface area contributed by atoms with Crippen LogP contribution in [-0.4, -0.2) is 73.7 Å². The van der Waals surface area contributed by atoms with E-state index in [0.717, 1.165) is 26.2 Å². The summed E-state index contributed by atoms with van der Waals surface area (Å²) in [6, 6.07) is 0.435. The summed E-state index contributed by atoms with van der Waals surface area (Å²) in [5, 5.41) is 3.34. The number of hydrogen-bond acceptors (Lipinski definition) is 5. The van der Waals surface area contributed by atoms with E-state index in [1.54, 1.807) is 0 Å². The van der Waals surface area contributed by atoms with Gasteiger partial charge in [0.1, 0.15) is 6.04 Å². The zero-order chi connectivity index (χ0) is 15.1. The van der Waals surface area contributed by atoms with E-state index in [1.807, 2.05) is 6.92 Å². The molecule has 1 N–H and O–H groups in total.